The van der Waals surface area contributed by atoms with Gasteiger partial charge in [-0.2, -0.15) is 14.6 Å². The second-order valence-corrected chi connectivity index (χ2v) is 7.79. The Morgan fingerprint density at radius 3 is 2.59 bits per heavy atom. The summed E-state index contributed by atoms with van der Waals surface area (Å²) in [6, 6.07) is 15.7. The lowest BCUT2D eigenvalue weighted by Crippen LogP contribution is -2.15. The molecule has 1 aromatic heterocycles. The Labute approximate surface area is 191 Å². The van der Waals surface area contributed by atoms with Crippen LogP contribution < -0.4 is 15.4 Å². The van der Waals surface area contributed by atoms with Gasteiger partial charge >= 0.3 is 0 Å². The normalized spacial score (nSPS) is 12.3. The first-order valence-electron chi connectivity index (χ1n) is 9.21. The van der Waals surface area contributed by atoms with E-state index in [1.54, 1.807) is 54.1 Å². The number of hydrogen-bond acceptors (Lipinski definition) is 7. The van der Waals surface area contributed by atoms with Gasteiger partial charge in [0.1, 0.15) is 10.7 Å². The van der Waals surface area contributed by atoms with Crippen molar-refractivity contribution in [3.8, 4) is 11.8 Å². The van der Waals surface area contributed by atoms with E-state index in [0.29, 0.717) is 27.3 Å². The average molecular weight is 470 g/mol. The molecule has 1 unspecified atom stereocenters. The zero-order valence-corrected chi connectivity index (χ0v) is 18.7. The van der Waals surface area contributed by atoms with Crippen molar-refractivity contribution in [2.24, 2.45) is 0 Å². The lowest BCUT2D eigenvalue weighted by atomic mass is 10.1. The Morgan fingerprint density at radius 2 is 1.94 bits per heavy atom. The standard InChI is InChI=1S/C20H19N7O3S2/c1-13(18(11-21)30-32(29)22-2)24-15-6-3-5-14(9-15)20(28)25-16-7-4-8-17(10-16)27-19(31)12-23-26-27/h3-10,12,22,24,26H,1-2H3,(H,25,28)/b18-13+. The molecule has 4 N–H and O–H groups in total. The Bertz CT molecular complexity index is 1290. The number of benzene rings is 2. The van der Waals surface area contributed by atoms with Crippen LogP contribution in [0.3, 0.4) is 0 Å². The number of rotatable bonds is 8. The summed E-state index contributed by atoms with van der Waals surface area (Å²) in [4.78, 5) is 12.8. The van der Waals surface area contributed by atoms with Crippen LogP contribution in [0.4, 0.5) is 11.4 Å². The van der Waals surface area contributed by atoms with Crippen molar-refractivity contribution in [3.63, 3.8) is 0 Å². The molecule has 3 aromatic rings. The quantitative estimate of drug-likeness (QED) is 0.226. The van der Waals surface area contributed by atoms with Crippen molar-refractivity contribution in [3.05, 3.63) is 76.4 Å². The van der Waals surface area contributed by atoms with E-state index in [-0.39, 0.29) is 11.7 Å². The van der Waals surface area contributed by atoms with E-state index >= 15 is 0 Å². The maximum Gasteiger partial charge on any atom is 0.288 e. The number of H-pyrrole nitrogens is 1. The fourth-order valence-corrected chi connectivity index (χ4v) is 3.25. The number of aromatic nitrogens is 3. The Kier molecular flexibility index (Phi) is 7.50. The van der Waals surface area contributed by atoms with Gasteiger partial charge in [0, 0.05) is 16.9 Å². The molecule has 0 fully saturated rings. The van der Waals surface area contributed by atoms with Gasteiger partial charge in [0.25, 0.3) is 17.2 Å². The topological polar surface area (TPSA) is 137 Å². The maximum atomic E-state index is 12.8. The fraction of sp³-hybridized carbons (Fsp3) is 0.100. The SMILES string of the molecule is CNS(=O)O/C(C#N)=C(\C)Nc1cccc(C(=O)Nc2cccc(-n3[nH]ncc3=S)c2)c1. The molecule has 1 atom stereocenters. The molecule has 0 radical (unpaired) electrons. The van der Waals surface area contributed by atoms with Crippen LogP contribution in [0.2, 0.25) is 0 Å². The van der Waals surface area contributed by atoms with E-state index in [0.717, 1.165) is 5.69 Å². The largest absolute Gasteiger partial charge is 0.376 e. The molecular formula is C20H19N7O3S2. The van der Waals surface area contributed by atoms with E-state index in [9.17, 15) is 14.3 Å². The van der Waals surface area contributed by atoms with Gasteiger partial charge in [0.15, 0.2) is 0 Å². The second-order valence-electron chi connectivity index (χ2n) is 6.33. The van der Waals surface area contributed by atoms with Crippen LogP contribution in [-0.2, 0) is 15.4 Å². The highest BCUT2D eigenvalue weighted by Gasteiger charge is 2.11. The molecule has 0 bridgehead atoms. The predicted octanol–water partition coefficient (Wildman–Crippen LogP) is 3.16. The van der Waals surface area contributed by atoms with Gasteiger partial charge in [-0.3, -0.25) is 4.79 Å². The summed E-state index contributed by atoms with van der Waals surface area (Å²) < 4.78 is 21.0. The highest BCUT2D eigenvalue weighted by atomic mass is 32.2. The zero-order valence-electron chi connectivity index (χ0n) is 17.1. The molecule has 10 nitrogen and oxygen atoms in total. The van der Waals surface area contributed by atoms with E-state index in [4.69, 9.17) is 16.4 Å². The summed E-state index contributed by atoms with van der Waals surface area (Å²) in [5.74, 6) is -0.463. The number of amides is 1. The van der Waals surface area contributed by atoms with Crippen LogP contribution in [0.25, 0.3) is 5.69 Å². The number of nitrogens with zero attached hydrogens (tertiary/aromatic N) is 3. The van der Waals surface area contributed by atoms with E-state index < -0.39 is 11.3 Å². The molecule has 32 heavy (non-hydrogen) atoms. The van der Waals surface area contributed by atoms with Crippen LogP contribution in [0.5, 0.6) is 0 Å². The Balaban J connectivity index is 1.76. The van der Waals surface area contributed by atoms with E-state index in [2.05, 4.69) is 25.7 Å². The second kappa shape index (κ2) is 10.5. The third-order valence-corrected chi connectivity index (χ3v) is 5.08. The molecule has 0 aliphatic heterocycles. The van der Waals surface area contributed by atoms with Gasteiger partial charge < -0.3 is 14.8 Å². The van der Waals surface area contributed by atoms with Crippen molar-refractivity contribution < 1.29 is 13.2 Å². The van der Waals surface area contributed by atoms with Crippen LogP contribution >= 0.6 is 12.2 Å². The third-order valence-electron chi connectivity index (χ3n) is 4.14. The minimum Gasteiger partial charge on any atom is -0.376 e. The number of nitrogens with one attached hydrogen (secondary N) is 4. The smallest absolute Gasteiger partial charge is 0.288 e. The lowest BCUT2D eigenvalue weighted by Gasteiger charge is -2.11. The Hall–Kier alpha value is -3.79. The summed E-state index contributed by atoms with van der Waals surface area (Å²) in [5, 5.41) is 21.7. The van der Waals surface area contributed by atoms with Crippen LogP contribution in [0.1, 0.15) is 17.3 Å². The monoisotopic (exact) mass is 469 g/mol. The molecule has 12 heteroatoms. The summed E-state index contributed by atoms with van der Waals surface area (Å²) in [5.41, 5.74) is 2.60. The van der Waals surface area contributed by atoms with Crippen molar-refractivity contribution >= 4 is 40.8 Å². The molecule has 0 spiro atoms. The highest BCUT2D eigenvalue weighted by Crippen LogP contribution is 2.18. The molecule has 3 rings (SSSR count). The molecule has 164 valence electrons. The zero-order chi connectivity index (χ0) is 23.1. The first kappa shape index (κ1) is 22.9. The number of allylic oxidation sites excluding steroid dienone is 2. The number of aromatic amines is 1. The van der Waals surface area contributed by atoms with Crippen LogP contribution in [0.15, 0.2) is 66.2 Å². The third kappa shape index (κ3) is 5.67. The summed E-state index contributed by atoms with van der Waals surface area (Å²) in [7, 11) is 1.44. The van der Waals surface area contributed by atoms with Crippen molar-refractivity contribution in [2.45, 2.75) is 6.92 Å². The first-order valence-corrected chi connectivity index (χ1v) is 10.7. The summed E-state index contributed by atoms with van der Waals surface area (Å²) in [6.07, 6.45) is 1.52. The first-order chi connectivity index (χ1) is 15.4. The van der Waals surface area contributed by atoms with Crippen molar-refractivity contribution in [1.82, 2.24) is 19.7 Å². The summed E-state index contributed by atoms with van der Waals surface area (Å²) in [6.45, 7) is 1.60. The number of carbonyl (C=O) groups is 1. The minimum atomic E-state index is -1.83. The van der Waals surface area contributed by atoms with E-state index in [1.165, 1.54) is 13.2 Å². The Morgan fingerprint density at radius 1 is 1.22 bits per heavy atom. The van der Waals surface area contributed by atoms with Crippen LogP contribution in [-0.4, -0.2) is 32.2 Å². The minimum absolute atomic E-state index is 0.137. The van der Waals surface area contributed by atoms with Crippen molar-refractivity contribution in [2.75, 3.05) is 17.7 Å². The maximum absolute atomic E-state index is 12.8. The summed E-state index contributed by atoms with van der Waals surface area (Å²) >= 11 is 3.37. The number of anilines is 2. The van der Waals surface area contributed by atoms with Crippen LogP contribution in [0, 0.1) is 16.0 Å². The lowest BCUT2D eigenvalue weighted by molar-refractivity contribution is 0.102. The molecule has 0 saturated heterocycles. The van der Waals surface area contributed by atoms with Gasteiger partial charge in [-0.25, -0.2) is 14.6 Å². The van der Waals surface area contributed by atoms with Gasteiger partial charge in [0.2, 0.25) is 5.76 Å². The number of hydrogen-bond donors (Lipinski definition) is 4. The number of carbonyl (C=O) groups excluding carboxylic acids is 1. The average Bonchev–Trinajstić information content (AvgIpc) is 3.23. The molecule has 1 heterocycles. The van der Waals surface area contributed by atoms with E-state index in [1.807, 2.05) is 12.1 Å². The fourth-order valence-electron chi connectivity index (χ4n) is 2.65. The number of nitriles is 1. The molecule has 2 aromatic carbocycles. The molecular weight excluding hydrogens is 450 g/mol. The molecule has 0 saturated carbocycles. The highest BCUT2D eigenvalue weighted by molar-refractivity contribution is 7.78. The molecule has 1 amide bonds. The van der Waals surface area contributed by atoms with Crippen molar-refractivity contribution in [1.29, 1.82) is 5.26 Å². The molecule has 0 aliphatic carbocycles. The van der Waals surface area contributed by atoms with Gasteiger partial charge in [-0.05, 0) is 50.4 Å². The predicted molar refractivity (Wildman–Crippen MR) is 123 cm³/mol. The van der Waals surface area contributed by atoms with Gasteiger partial charge in [-0.15, -0.1) is 0 Å². The van der Waals surface area contributed by atoms with Gasteiger partial charge in [-0.1, -0.05) is 24.4 Å². The molecule has 0 aliphatic rings. The van der Waals surface area contributed by atoms with Gasteiger partial charge in [0.05, 0.1) is 17.6 Å².